The minimum absolute atomic E-state index is 0.130. The van der Waals surface area contributed by atoms with Crippen molar-refractivity contribution >= 4 is 16.8 Å². The van der Waals surface area contributed by atoms with Crippen LogP contribution in [0.5, 0.6) is 0 Å². The predicted molar refractivity (Wildman–Crippen MR) is 95.2 cm³/mol. The summed E-state index contributed by atoms with van der Waals surface area (Å²) in [5, 5.41) is 22.1. The Bertz CT molecular complexity index is 815. The van der Waals surface area contributed by atoms with Crippen LogP contribution in [0.3, 0.4) is 0 Å². The van der Waals surface area contributed by atoms with E-state index in [1.807, 2.05) is 66.7 Å². The fraction of sp³-hybridized carbons (Fsp3) is 0.143. The Balaban J connectivity index is 2.04. The van der Waals surface area contributed by atoms with Gasteiger partial charge in [-0.15, -0.1) is 0 Å². The lowest BCUT2D eigenvalue weighted by Gasteiger charge is -2.16. The SMILES string of the molecule is OCC/C=C\c1ccccc1C(O)c1cccc2ccccc12. The second-order valence-electron chi connectivity index (χ2n) is 5.51. The number of hydrogen-bond donors (Lipinski definition) is 2. The molecule has 3 aromatic rings. The minimum atomic E-state index is -0.684. The predicted octanol–water partition coefficient (Wildman–Crippen LogP) is 4.32. The van der Waals surface area contributed by atoms with Crippen LogP contribution in [0.4, 0.5) is 0 Å². The maximum atomic E-state index is 10.9. The van der Waals surface area contributed by atoms with Crippen molar-refractivity contribution in [1.29, 1.82) is 0 Å². The van der Waals surface area contributed by atoms with Crippen LogP contribution in [0.25, 0.3) is 16.8 Å². The Morgan fingerprint density at radius 3 is 2.39 bits per heavy atom. The van der Waals surface area contributed by atoms with Crippen LogP contribution in [-0.2, 0) is 0 Å². The van der Waals surface area contributed by atoms with Gasteiger partial charge >= 0.3 is 0 Å². The summed E-state index contributed by atoms with van der Waals surface area (Å²) in [4.78, 5) is 0. The molecule has 0 spiro atoms. The smallest absolute Gasteiger partial charge is 0.105 e. The molecule has 0 fully saturated rings. The van der Waals surface area contributed by atoms with E-state index in [4.69, 9.17) is 5.11 Å². The molecule has 2 heteroatoms. The van der Waals surface area contributed by atoms with Gasteiger partial charge in [-0.25, -0.2) is 0 Å². The van der Waals surface area contributed by atoms with Gasteiger partial charge in [0, 0.05) is 6.61 Å². The van der Waals surface area contributed by atoms with E-state index in [0.717, 1.165) is 27.5 Å². The van der Waals surface area contributed by atoms with Gasteiger partial charge in [0.15, 0.2) is 0 Å². The second kappa shape index (κ2) is 7.23. The van der Waals surface area contributed by atoms with Crippen molar-refractivity contribution in [2.45, 2.75) is 12.5 Å². The van der Waals surface area contributed by atoms with E-state index >= 15 is 0 Å². The molecule has 0 radical (unpaired) electrons. The summed E-state index contributed by atoms with van der Waals surface area (Å²) in [6.45, 7) is 0.130. The third kappa shape index (κ3) is 3.34. The first-order valence-corrected chi connectivity index (χ1v) is 7.83. The summed E-state index contributed by atoms with van der Waals surface area (Å²) in [6.07, 6.45) is 3.81. The molecule has 2 nitrogen and oxygen atoms in total. The van der Waals surface area contributed by atoms with E-state index in [0.29, 0.717) is 6.42 Å². The standard InChI is InChI=1S/C21H20O2/c22-15-6-5-10-17-9-2-4-13-19(17)21(23)20-14-7-11-16-8-1-3-12-18(16)20/h1-5,7-14,21-23H,6,15H2/b10-5-. The molecule has 0 aliphatic heterocycles. The van der Waals surface area contributed by atoms with Crippen LogP contribution in [-0.4, -0.2) is 16.8 Å². The molecule has 1 atom stereocenters. The van der Waals surface area contributed by atoms with Crippen molar-refractivity contribution < 1.29 is 10.2 Å². The topological polar surface area (TPSA) is 40.5 Å². The fourth-order valence-electron chi connectivity index (χ4n) is 2.85. The summed E-state index contributed by atoms with van der Waals surface area (Å²) in [7, 11) is 0. The van der Waals surface area contributed by atoms with Crippen molar-refractivity contribution in [3.8, 4) is 0 Å². The molecule has 3 aromatic carbocycles. The molecule has 116 valence electrons. The first kappa shape index (κ1) is 15.5. The highest BCUT2D eigenvalue weighted by molar-refractivity contribution is 5.86. The van der Waals surface area contributed by atoms with Crippen LogP contribution in [0, 0.1) is 0 Å². The summed E-state index contributed by atoms with van der Waals surface area (Å²) < 4.78 is 0. The van der Waals surface area contributed by atoms with Gasteiger partial charge in [0.2, 0.25) is 0 Å². The Hall–Kier alpha value is -2.42. The molecule has 23 heavy (non-hydrogen) atoms. The molecule has 0 aliphatic rings. The number of aliphatic hydroxyl groups is 2. The molecule has 3 rings (SSSR count). The van der Waals surface area contributed by atoms with Gasteiger partial charge in [-0.1, -0.05) is 78.9 Å². The largest absolute Gasteiger partial charge is 0.396 e. The second-order valence-corrected chi connectivity index (χ2v) is 5.51. The lowest BCUT2D eigenvalue weighted by atomic mass is 9.93. The van der Waals surface area contributed by atoms with Crippen LogP contribution in [0.2, 0.25) is 0 Å². The third-order valence-corrected chi connectivity index (χ3v) is 4.00. The van der Waals surface area contributed by atoms with E-state index < -0.39 is 6.10 Å². The van der Waals surface area contributed by atoms with Crippen LogP contribution < -0.4 is 0 Å². The van der Waals surface area contributed by atoms with Gasteiger partial charge in [-0.05, 0) is 33.9 Å². The monoisotopic (exact) mass is 304 g/mol. The molecule has 1 unspecified atom stereocenters. The molecule has 0 saturated heterocycles. The van der Waals surface area contributed by atoms with E-state index in [-0.39, 0.29) is 6.61 Å². The summed E-state index contributed by atoms with van der Waals surface area (Å²) in [5.41, 5.74) is 2.76. The normalized spacial score (nSPS) is 12.8. The summed E-state index contributed by atoms with van der Waals surface area (Å²) in [5.74, 6) is 0. The van der Waals surface area contributed by atoms with Gasteiger partial charge in [0.1, 0.15) is 6.10 Å². The van der Waals surface area contributed by atoms with Gasteiger partial charge in [0.25, 0.3) is 0 Å². The van der Waals surface area contributed by atoms with Gasteiger partial charge in [-0.2, -0.15) is 0 Å². The zero-order chi connectivity index (χ0) is 16.1. The number of benzene rings is 3. The van der Waals surface area contributed by atoms with E-state index in [2.05, 4.69) is 12.1 Å². The van der Waals surface area contributed by atoms with Crippen LogP contribution >= 0.6 is 0 Å². The molecule has 0 amide bonds. The van der Waals surface area contributed by atoms with Crippen molar-refractivity contribution in [2.75, 3.05) is 6.61 Å². The number of hydrogen-bond acceptors (Lipinski definition) is 2. The zero-order valence-corrected chi connectivity index (χ0v) is 12.9. The highest BCUT2D eigenvalue weighted by Gasteiger charge is 2.15. The van der Waals surface area contributed by atoms with Gasteiger partial charge < -0.3 is 10.2 Å². The molecule has 2 N–H and O–H groups in total. The Labute approximate surface area is 136 Å². The van der Waals surface area contributed by atoms with Gasteiger partial charge in [-0.3, -0.25) is 0 Å². The highest BCUT2D eigenvalue weighted by Crippen LogP contribution is 2.31. The van der Waals surface area contributed by atoms with E-state index in [1.54, 1.807) is 0 Å². The number of rotatable bonds is 5. The fourth-order valence-corrected chi connectivity index (χ4v) is 2.85. The third-order valence-electron chi connectivity index (χ3n) is 4.00. The molecule has 0 aromatic heterocycles. The van der Waals surface area contributed by atoms with Crippen LogP contribution in [0.15, 0.2) is 72.8 Å². The maximum Gasteiger partial charge on any atom is 0.105 e. The average molecular weight is 304 g/mol. The lowest BCUT2D eigenvalue weighted by Crippen LogP contribution is -2.02. The Kier molecular flexibility index (Phi) is 4.86. The molecule has 0 heterocycles. The van der Waals surface area contributed by atoms with Crippen molar-refractivity contribution in [3.63, 3.8) is 0 Å². The molecule has 0 aliphatic carbocycles. The first-order valence-electron chi connectivity index (χ1n) is 7.83. The van der Waals surface area contributed by atoms with E-state index in [1.165, 1.54) is 0 Å². The zero-order valence-electron chi connectivity index (χ0n) is 12.9. The molecule has 0 bridgehead atoms. The molecule has 0 saturated carbocycles. The van der Waals surface area contributed by atoms with E-state index in [9.17, 15) is 5.11 Å². The number of fused-ring (bicyclic) bond motifs is 1. The van der Waals surface area contributed by atoms with Crippen molar-refractivity contribution in [2.24, 2.45) is 0 Å². The van der Waals surface area contributed by atoms with Crippen molar-refractivity contribution in [3.05, 3.63) is 89.5 Å². The quantitative estimate of drug-likeness (QED) is 0.737. The summed E-state index contributed by atoms with van der Waals surface area (Å²) >= 11 is 0. The first-order chi connectivity index (χ1) is 11.3. The lowest BCUT2D eigenvalue weighted by molar-refractivity contribution is 0.221. The highest BCUT2D eigenvalue weighted by atomic mass is 16.3. The Morgan fingerprint density at radius 1 is 0.826 bits per heavy atom. The minimum Gasteiger partial charge on any atom is -0.396 e. The Morgan fingerprint density at radius 2 is 1.52 bits per heavy atom. The average Bonchev–Trinajstić information content (AvgIpc) is 2.61. The van der Waals surface area contributed by atoms with Crippen LogP contribution in [0.1, 0.15) is 29.2 Å². The summed E-state index contributed by atoms with van der Waals surface area (Å²) in [6, 6.07) is 21.9. The maximum absolute atomic E-state index is 10.9. The van der Waals surface area contributed by atoms with Gasteiger partial charge in [0.05, 0.1) is 0 Å². The molecular formula is C21H20O2. The molecular weight excluding hydrogens is 284 g/mol. The van der Waals surface area contributed by atoms with Crippen molar-refractivity contribution in [1.82, 2.24) is 0 Å². The number of aliphatic hydroxyl groups excluding tert-OH is 2.